The van der Waals surface area contributed by atoms with Gasteiger partial charge in [0, 0.05) is 12.1 Å². The first-order chi connectivity index (χ1) is 8.36. The van der Waals surface area contributed by atoms with Crippen LogP contribution in [-0.4, -0.2) is 26.1 Å². The minimum Gasteiger partial charge on any atom is -0.293 e. The van der Waals surface area contributed by atoms with Crippen LogP contribution in [-0.2, 0) is 10.0 Å². The Morgan fingerprint density at radius 1 is 1.28 bits per heavy atom. The lowest BCUT2D eigenvalue weighted by molar-refractivity contribution is 0.102. The molecule has 1 N–H and O–H groups in total. The Kier molecular flexibility index (Phi) is 5.49. The van der Waals surface area contributed by atoms with Crippen LogP contribution in [0.2, 0.25) is 0 Å². The number of halogens is 1. The Morgan fingerprint density at radius 2 is 1.83 bits per heavy atom. The zero-order valence-electron chi connectivity index (χ0n) is 10.3. The van der Waals surface area contributed by atoms with Crippen LogP contribution in [0.1, 0.15) is 24.2 Å². The van der Waals surface area contributed by atoms with Gasteiger partial charge in [0.1, 0.15) is 0 Å². The van der Waals surface area contributed by atoms with Gasteiger partial charge >= 0.3 is 0 Å². The van der Waals surface area contributed by atoms with Crippen molar-refractivity contribution >= 4 is 31.7 Å². The van der Waals surface area contributed by atoms with Crippen molar-refractivity contribution in [2.24, 2.45) is 5.92 Å². The third-order valence-electron chi connectivity index (χ3n) is 2.29. The van der Waals surface area contributed by atoms with Crippen LogP contribution in [0.4, 0.5) is 0 Å². The number of benzene rings is 1. The smallest absolute Gasteiger partial charge is 0.240 e. The first-order valence-electron chi connectivity index (χ1n) is 5.55. The van der Waals surface area contributed by atoms with E-state index in [4.69, 9.17) is 0 Å². The Bertz CT molecular complexity index is 509. The zero-order valence-corrected chi connectivity index (χ0v) is 12.7. The van der Waals surface area contributed by atoms with E-state index >= 15 is 0 Å². The zero-order chi connectivity index (χ0) is 13.8. The molecule has 100 valence electrons. The van der Waals surface area contributed by atoms with E-state index < -0.39 is 10.0 Å². The molecular formula is C12H16BrNO3S. The summed E-state index contributed by atoms with van der Waals surface area (Å²) in [5.74, 6) is 0.170. The van der Waals surface area contributed by atoms with E-state index in [1.807, 2.05) is 13.8 Å². The first kappa shape index (κ1) is 15.3. The fraction of sp³-hybridized carbons (Fsp3) is 0.417. The average Bonchev–Trinajstić information content (AvgIpc) is 2.36. The highest BCUT2D eigenvalue weighted by molar-refractivity contribution is 9.09. The molecule has 0 saturated carbocycles. The minimum atomic E-state index is -3.48. The molecule has 0 aliphatic carbocycles. The van der Waals surface area contributed by atoms with Gasteiger partial charge in [-0.05, 0) is 18.1 Å². The van der Waals surface area contributed by atoms with Gasteiger partial charge in [0.05, 0.1) is 10.2 Å². The monoisotopic (exact) mass is 333 g/mol. The summed E-state index contributed by atoms with van der Waals surface area (Å²) < 4.78 is 26.3. The summed E-state index contributed by atoms with van der Waals surface area (Å²) >= 11 is 3.07. The molecule has 0 aliphatic heterocycles. The van der Waals surface area contributed by atoms with E-state index in [-0.39, 0.29) is 21.9 Å². The van der Waals surface area contributed by atoms with Gasteiger partial charge < -0.3 is 0 Å². The molecule has 0 aromatic heterocycles. The largest absolute Gasteiger partial charge is 0.293 e. The summed E-state index contributed by atoms with van der Waals surface area (Å²) in [6.45, 7) is 4.25. The summed E-state index contributed by atoms with van der Waals surface area (Å²) in [6.07, 6.45) is 0. The normalized spacial score (nSPS) is 11.8. The third kappa shape index (κ3) is 4.19. The molecule has 6 heteroatoms. The summed E-state index contributed by atoms with van der Waals surface area (Å²) in [4.78, 5) is 11.6. The SMILES string of the molecule is CC(C)CNS(=O)(=O)c1ccc(C(=O)CBr)cc1. The second kappa shape index (κ2) is 6.45. The highest BCUT2D eigenvalue weighted by Gasteiger charge is 2.14. The Morgan fingerprint density at radius 3 is 2.28 bits per heavy atom. The van der Waals surface area contributed by atoms with Crippen molar-refractivity contribution in [2.75, 3.05) is 11.9 Å². The highest BCUT2D eigenvalue weighted by atomic mass is 79.9. The molecule has 0 unspecified atom stereocenters. The molecule has 0 fully saturated rings. The fourth-order valence-electron chi connectivity index (χ4n) is 1.26. The number of rotatable bonds is 6. The third-order valence-corrected chi connectivity index (χ3v) is 4.24. The van der Waals surface area contributed by atoms with Crippen molar-refractivity contribution in [1.29, 1.82) is 0 Å². The second-order valence-corrected chi connectivity index (χ2v) is 6.65. The van der Waals surface area contributed by atoms with Crippen molar-refractivity contribution in [3.8, 4) is 0 Å². The maximum atomic E-state index is 11.9. The molecule has 0 atom stereocenters. The van der Waals surface area contributed by atoms with E-state index in [1.165, 1.54) is 24.3 Å². The lowest BCUT2D eigenvalue weighted by atomic mass is 10.2. The van der Waals surface area contributed by atoms with Gasteiger partial charge in [0.25, 0.3) is 0 Å². The Labute approximate surface area is 116 Å². The molecule has 0 radical (unpaired) electrons. The topological polar surface area (TPSA) is 63.2 Å². The second-order valence-electron chi connectivity index (χ2n) is 4.33. The number of hydrogen-bond acceptors (Lipinski definition) is 3. The molecule has 1 aromatic rings. The van der Waals surface area contributed by atoms with Crippen LogP contribution in [0.25, 0.3) is 0 Å². The number of carbonyl (C=O) groups excluding carboxylic acids is 1. The molecule has 0 amide bonds. The van der Waals surface area contributed by atoms with Gasteiger partial charge in [0.15, 0.2) is 5.78 Å². The van der Waals surface area contributed by atoms with Crippen molar-refractivity contribution in [2.45, 2.75) is 18.7 Å². The number of sulfonamides is 1. The summed E-state index contributed by atoms with van der Waals surface area (Å²) in [7, 11) is -3.48. The van der Waals surface area contributed by atoms with Crippen LogP contribution in [0.5, 0.6) is 0 Å². The lowest BCUT2D eigenvalue weighted by Gasteiger charge is -2.09. The lowest BCUT2D eigenvalue weighted by Crippen LogP contribution is -2.27. The number of ketones is 1. The van der Waals surface area contributed by atoms with Gasteiger partial charge in [-0.15, -0.1) is 0 Å². The Balaban J connectivity index is 2.87. The number of alkyl halides is 1. The van der Waals surface area contributed by atoms with Gasteiger partial charge in [-0.25, -0.2) is 13.1 Å². The summed E-state index contributed by atoms with van der Waals surface area (Å²) in [5.41, 5.74) is 0.495. The van der Waals surface area contributed by atoms with Crippen LogP contribution in [0.3, 0.4) is 0 Å². The molecule has 0 saturated heterocycles. The summed E-state index contributed by atoms with van der Waals surface area (Å²) in [5, 5.41) is 0.227. The molecule has 1 rings (SSSR count). The molecule has 0 aliphatic rings. The molecule has 0 bridgehead atoms. The number of Topliss-reactive ketones (excluding diaryl/α,β-unsaturated/α-hetero) is 1. The minimum absolute atomic E-state index is 0.0749. The van der Waals surface area contributed by atoms with Crippen LogP contribution < -0.4 is 4.72 Å². The molecule has 4 nitrogen and oxygen atoms in total. The van der Waals surface area contributed by atoms with E-state index in [0.29, 0.717) is 12.1 Å². The highest BCUT2D eigenvalue weighted by Crippen LogP contribution is 2.12. The van der Waals surface area contributed by atoms with E-state index in [1.54, 1.807) is 0 Å². The molecule has 1 aromatic carbocycles. The number of hydrogen-bond donors (Lipinski definition) is 1. The fourth-order valence-corrected chi connectivity index (χ4v) is 2.79. The standard InChI is InChI=1S/C12H16BrNO3S/c1-9(2)8-14-18(16,17)11-5-3-10(4-6-11)12(15)7-13/h3-6,9,14H,7-8H2,1-2H3. The van der Waals surface area contributed by atoms with Crippen molar-refractivity contribution in [3.05, 3.63) is 29.8 Å². The maximum absolute atomic E-state index is 11.9. The first-order valence-corrected chi connectivity index (χ1v) is 8.16. The van der Waals surface area contributed by atoms with Gasteiger partial charge in [-0.1, -0.05) is 41.9 Å². The van der Waals surface area contributed by atoms with Gasteiger partial charge in [0.2, 0.25) is 10.0 Å². The van der Waals surface area contributed by atoms with Crippen LogP contribution in [0.15, 0.2) is 29.2 Å². The van der Waals surface area contributed by atoms with Crippen molar-refractivity contribution in [3.63, 3.8) is 0 Å². The molecule has 0 heterocycles. The predicted octanol–water partition coefficient (Wildman–Crippen LogP) is 2.20. The molecule has 0 spiro atoms. The van der Waals surface area contributed by atoms with Gasteiger partial charge in [-0.3, -0.25) is 4.79 Å². The van der Waals surface area contributed by atoms with Crippen molar-refractivity contribution < 1.29 is 13.2 Å². The van der Waals surface area contributed by atoms with Crippen molar-refractivity contribution in [1.82, 2.24) is 4.72 Å². The molecular weight excluding hydrogens is 318 g/mol. The van der Waals surface area contributed by atoms with E-state index in [2.05, 4.69) is 20.7 Å². The van der Waals surface area contributed by atoms with E-state index in [9.17, 15) is 13.2 Å². The predicted molar refractivity (Wildman–Crippen MR) is 74.6 cm³/mol. The average molecular weight is 334 g/mol. The van der Waals surface area contributed by atoms with E-state index in [0.717, 1.165) is 0 Å². The van der Waals surface area contributed by atoms with Crippen LogP contribution >= 0.6 is 15.9 Å². The van der Waals surface area contributed by atoms with Crippen LogP contribution in [0, 0.1) is 5.92 Å². The number of carbonyl (C=O) groups is 1. The van der Waals surface area contributed by atoms with Gasteiger partial charge in [-0.2, -0.15) is 0 Å². The maximum Gasteiger partial charge on any atom is 0.240 e. The summed E-state index contributed by atoms with van der Waals surface area (Å²) in [6, 6.07) is 5.93. The Hall–Kier alpha value is -0.720. The quantitative estimate of drug-likeness (QED) is 0.641. The number of nitrogens with one attached hydrogen (secondary N) is 1. The molecule has 18 heavy (non-hydrogen) atoms.